The first kappa shape index (κ1) is 41.7. The van der Waals surface area contributed by atoms with E-state index in [-0.39, 0.29) is 35.8 Å². The molecular weight excluding hydrogens is 706 g/mol. The highest BCUT2D eigenvalue weighted by molar-refractivity contribution is 7.81. The maximum Gasteiger partial charge on any atom is 0.409 e. The lowest BCUT2D eigenvalue weighted by Gasteiger charge is -2.45. The zero-order valence-corrected chi connectivity index (χ0v) is 34.0. The van der Waals surface area contributed by atoms with E-state index in [0.29, 0.717) is 23.6 Å². The summed E-state index contributed by atoms with van der Waals surface area (Å²) in [6.07, 6.45) is 3.39. The van der Waals surface area contributed by atoms with Crippen LogP contribution < -0.4 is 10.2 Å². The molecule has 7 atom stereocenters. The molecule has 0 radical (unpaired) electrons. The number of allylic oxidation sites excluding steroid dienone is 3. The van der Waals surface area contributed by atoms with E-state index in [0.717, 1.165) is 16.7 Å². The molecule has 288 valence electrons. The molecule has 1 aromatic carbocycles. The minimum Gasteiger partial charge on any atom is -0.457 e. The third-order valence-corrected chi connectivity index (χ3v) is 11.7. The summed E-state index contributed by atoms with van der Waals surface area (Å²) < 4.78 is 17.9. The van der Waals surface area contributed by atoms with Crippen molar-refractivity contribution in [3.8, 4) is 0 Å². The molecule has 4 bridgehead atoms. The van der Waals surface area contributed by atoms with Crippen LogP contribution in [0.5, 0.6) is 0 Å². The Bertz CT molecular complexity index is 1640. The molecule has 4 rings (SSSR count). The van der Waals surface area contributed by atoms with Gasteiger partial charge in [-0.2, -0.15) is 12.6 Å². The summed E-state index contributed by atoms with van der Waals surface area (Å²) in [5, 5.41) is 14.8. The number of hydrogen-bond donors (Lipinski definition) is 3. The van der Waals surface area contributed by atoms with Crippen LogP contribution in [0.4, 0.5) is 10.5 Å². The maximum absolute atomic E-state index is 14.1. The average Bonchev–Trinajstić information content (AvgIpc) is 3.76. The van der Waals surface area contributed by atoms with Crippen molar-refractivity contribution in [2.45, 2.75) is 135 Å². The summed E-state index contributed by atoms with van der Waals surface area (Å²) in [4.78, 5) is 56.7. The number of aliphatic hydroxyl groups is 1. The van der Waals surface area contributed by atoms with Crippen LogP contribution in [0.15, 0.2) is 35.9 Å². The van der Waals surface area contributed by atoms with Crippen LogP contribution >= 0.6 is 24.2 Å². The van der Waals surface area contributed by atoms with Crippen LogP contribution in [0.3, 0.4) is 0 Å². The lowest BCUT2D eigenvalue weighted by Crippen LogP contribution is -2.62. The minimum atomic E-state index is -1.62. The monoisotopic (exact) mass is 761 g/mol. The van der Waals surface area contributed by atoms with Gasteiger partial charge in [-0.3, -0.25) is 14.9 Å². The lowest BCUT2D eigenvalue weighted by atomic mass is 9.72. The van der Waals surface area contributed by atoms with Crippen molar-refractivity contribution in [2.75, 3.05) is 19.0 Å². The molecule has 3 heterocycles. The van der Waals surface area contributed by atoms with Gasteiger partial charge in [0.25, 0.3) is 0 Å². The van der Waals surface area contributed by atoms with Crippen LogP contribution in [0.25, 0.3) is 0 Å². The van der Waals surface area contributed by atoms with Crippen LogP contribution in [-0.2, 0) is 35.0 Å². The van der Waals surface area contributed by atoms with Crippen molar-refractivity contribution in [1.82, 2.24) is 10.2 Å². The van der Waals surface area contributed by atoms with E-state index in [2.05, 4.69) is 17.9 Å². The van der Waals surface area contributed by atoms with Crippen LogP contribution in [-0.4, -0.2) is 88.4 Å². The van der Waals surface area contributed by atoms with Crippen molar-refractivity contribution in [3.05, 3.63) is 52.1 Å². The van der Waals surface area contributed by atoms with Gasteiger partial charge in [-0.1, -0.05) is 76.1 Å². The molecule has 2 saturated heterocycles. The molecule has 7 unspecified atom stereocenters. The van der Waals surface area contributed by atoms with Gasteiger partial charge in [0, 0.05) is 43.0 Å². The predicted octanol–water partition coefficient (Wildman–Crippen LogP) is 6.31. The van der Waals surface area contributed by atoms with Gasteiger partial charge < -0.3 is 29.1 Å². The number of rotatable bonds is 6. The summed E-state index contributed by atoms with van der Waals surface area (Å²) in [7, 11) is 3.18. The van der Waals surface area contributed by atoms with Gasteiger partial charge in [0.05, 0.1) is 23.2 Å². The third-order valence-electron chi connectivity index (χ3n) is 11.0. The van der Waals surface area contributed by atoms with Gasteiger partial charge in [0.15, 0.2) is 0 Å². The number of alkyl carbamates (subject to hydrolysis) is 1. The highest BCUT2D eigenvalue weighted by Gasteiger charge is 2.68. The maximum atomic E-state index is 14.1. The molecule has 3 amide bonds. The molecule has 0 spiro atoms. The number of amides is 3. The molecule has 1 aromatic rings. The lowest BCUT2D eigenvalue weighted by molar-refractivity contribution is -0.162. The standard InChI is InChI=1S/C39H56ClN3O8S/c1-22-13-12-14-24(3)39(48)21-29(50-35(47)41-39)37(7,8)34-38(9,51-34)28(49-33(46)25(4)42(10)30(44)15-16-36(5,6)52)20-31(45)43(11)27-19-26(17-22)18-23(2)32(27)40/h12-14,18-19,24-25,28-29,34,48,52H,15-17,20-21H2,1-11H3,(H,41,47)/b14-12+,22-13+. The number of epoxide rings is 1. The number of likely N-dealkylation sites (N-methyl/N-ethyl adjacent to an activating group) is 1. The first-order valence-corrected chi connectivity index (χ1v) is 18.7. The van der Waals surface area contributed by atoms with E-state index in [1.807, 2.05) is 78.8 Å². The van der Waals surface area contributed by atoms with Crippen molar-refractivity contribution in [1.29, 1.82) is 0 Å². The number of fused-ring (bicyclic) bond motifs is 5. The van der Waals surface area contributed by atoms with Crippen molar-refractivity contribution in [2.24, 2.45) is 11.3 Å². The van der Waals surface area contributed by atoms with Crippen LogP contribution in [0, 0.1) is 18.3 Å². The fraction of sp³-hybridized carbons (Fsp3) is 0.641. The number of carbonyl (C=O) groups is 4. The number of halogens is 1. The zero-order chi connectivity index (χ0) is 39.1. The third kappa shape index (κ3) is 9.17. The molecule has 2 fully saturated rings. The molecule has 0 saturated carbocycles. The Morgan fingerprint density at radius 2 is 1.88 bits per heavy atom. The second-order valence-corrected chi connectivity index (χ2v) is 17.9. The fourth-order valence-corrected chi connectivity index (χ4v) is 7.39. The number of benzene rings is 1. The van der Waals surface area contributed by atoms with E-state index in [4.69, 9.17) is 25.8 Å². The normalized spacial score (nSPS) is 31.6. The van der Waals surface area contributed by atoms with Gasteiger partial charge >= 0.3 is 12.1 Å². The second kappa shape index (κ2) is 15.4. The summed E-state index contributed by atoms with van der Waals surface area (Å²) in [5.41, 5.74) is -0.448. The summed E-state index contributed by atoms with van der Waals surface area (Å²) in [6, 6.07) is 2.89. The quantitative estimate of drug-likeness (QED) is 0.174. The highest BCUT2D eigenvalue weighted by atomic mass is 35.5. The highest BCUT2D eigenvalue weighted by Crippen LogP contribution is 2.54. The zero-order valence-electron chi connectivity index (χ0n) is 32.3. The van der Waals surface area contributed by atoms with E-state index in [1.54, 1.807) is 27.9 Å². The summed E-state index contributed by atoms with van der Waals surface area (Å²) in [6.45, 7) is 16.6. The number of nitrogens with one attached hydrogen (secondary N) is 1. The smallest absolute Gasteiger partial charge is 0.409 e. The van der Waals surface area contributed by atoms with E-state index in [9.17, 15) is 24.3 Å². The molecule has 3 aliphatic heterocycles. The number of anilines is 1. The Morgan fingerprint density at radius 3 is 2.52 bits per heavy atom. The van der Waals surface area contributed by atoms with Crippen molar-refractivity contribution < 1.29 is 38.5 Å². The summed E-state index contributed by atoms with van der Waals surface area (Å²) in [5.74, 6) is -1.80. The topological polar surface area (TPSA) is 138 Å². The van der Waals surface area contributed by atoms with E-state index < -0.39 is 59.1 Å². The molecular formula is C39H56ClN3O8S. The molecule has 11 nitrogen and oxygen atoms in total. The second-order valence-electron chi connectivity index (χ2n) is 16.3. The molecule has 2 N–H and O–H groups in total. The van der Waals surface area contributed by atoms with Crippen molar-refractivity contribution >= 4 is 53.8 Å². The number of esters is 1. The molecule has 0 aromatic heterocycles. The number of carbonyl (C=O) groups excluding carboxylic acids is 4. The molecule has 3 aliphatic rings. The number of hydrogen-bond acceptors (Lipinski definition) is 9. The number of thiol groups is 1. The molecule has 0 aliphatic carbocycles. The van der Waals surface area contributed by atoms with E-state index in [1.165, 1.54) is 9.80 Å². The van der Waals surface area contributed by atoms with Gasteiger partial charge in [-0.25, -0.2) is 9.59 Å². The Morgan fingerprint density at radius 1 is 1.23 bits per heavy atom. The minimum absolute atomic E-state index is 0.0542. The fourth-order valence-electron chi connectivity index (χ4n) is 7.04. The summed E-state index contributed by atoms with van der Waals surface area (Å²) >= 11 is 11.3. The Balaban J connectivity index is 1.74. The van der Waals surface area contributed by atoms with Gasteiger partial charge in [-0.05, 0) is 57.7 Å². The first-order valence-electron chi connectivity index (χ1n) is 17.9. The van der Waals surface area contributed by atoms with Gasteiger partial charge in [0.1, 0.15) is 29.6 Å². The average molecular weight is 762 g/mol. The van der Waals surface area contributed by atoms with E-state index >= 15 is 0 Å². The van der Waals surface area contributed by atoms with Gasteiger partial charge in [0.2, 0.25) is 11.8 Å². The number of ether oxygens (including phenoxy) is 3. The van der Waals surface area contributed by atoms with Crippen LogP contribution in [0.2, 0.25) is 5.02 Å². The van der Waals surface area contributed by atoms with Gasteiger partial charge in [-0.15, -0.1) is 0 Å². The number of aryl methyl sites for hydroxylation is 1. The number of nitrogens with zero attached hydrogens (tertiary/aromatic N) is 2. The van der Waals surface area contributed by atoms with Crippen LogP contribution in [0.1, 0.15) is 92.2 Å². The SMILES string of the molecule is C/C1=C\C=C\C(C)C2(O)CC(OC(=O)N2)C(C)(C)C2OC2(C)C(OC(=O)C(C)N(C)C(=O)CCC(C)(C)S)CC(=O)N(C)c2cc(cc(C)c2Cl)C1. The Hall–Kier alpha value is -3.06. The molecule has 52 heavy (non-hydrogen) atoms. The largest absolute Gasteiger partial charge is 0.457 e. The van der Waals surface area contributed by atoms with Crippen molar-refractivity contribution in [3.63, 3.8) is 0 Å². The molecule has 13 heteroatoms. The Labute approximate surface area is 318 Å². The first-order chi connectivity index (χ1) is 23.9. The Kier molecular flexibility index (Phi) is 12.3. The predicted molar refractivity (Wildman–Crippen MR) is 204 cm³/mol.